The molecule has 82 valence electrons. The minimum atomic E-state index is -3.53. The SMILES string of the molecule is CC(C)S(=O)(=O)c1nnn(CC#N)c1N. The number of aromatic nitrogens is 3. The summed E-state index contributed by atoms with van der Waals surface area (Å²) in [6.07, 6.45) is 0. The third-order valence-electron chi connectivity index (χ3n) is 1.85. The van der Waals surface area contributed by atoms with Crippen molar-refractivity contribution < 1.29 is 8.42 Å². The number of hydrogen-bond acceptors (Lipinski definition) is 6. The van der Waals surface area contributed by atoms with Crippen molar-refractivity contribution in [3.05, 3.63) is 0 Å². The van der Waals surface area contributed by atoms with Gasteiger partial charge in [0.05, 0.1) is 11.3 Å². The molecule has 7 nitrogen and oxygen atoms in total. The van der Waals surface area contributed by atoms with Gasteiger partial charge in [-0.1, -0.05) is 5.21 Å². The molecule has 0 radical (unpaired) electrons. The van der Waals surface area contributed by atoms with Crippen LogP contribution < -0.4 is 5.73 Å². The highest BCUT2D eigenvalue weighted by Gasteiger charge is 2.27. The Labute approximate surface area is 87.4 Å². The Bertz CT molecular complexity index is 496. The molecular weight excluding hydrogens is 218 g/mol. The Kier molecular flexibility index (Phi) is 2.95. The standard InChI is InChI=1S/C7H11N5O2S/c1-5(2)15(13,14)7-6(9)12(4-3-8)11-10-7/h5H,4,9H2,1-2H3. The van der Waals surface area contributed by atoms with Crippen molar-refractivity contribution in [1.29, 1.82) is 5.26 Å². The van der Waals surface area contributed by atoms with Gasteiger partial charge in [-0.3, -0.25) is 0 Å². The van der Waals surface area contributed by atoms with Crippen molar-refractivity contribution in [2.45, 2.75) is 30.7 Å². The highest BCUT2D eigenvalue weighted by atomic mass is 32.2. The van der Waals surface area contributed by atoms with Gasteiger partial charge in [-0.05, 0) is 13.8 Å². The normalized spacial score (nSPS) is 11.6. The molecule has 15 heavy (non-hydrogen) atoms. The fraction of sp³-hybridized carbons (Fsp3) is 0.571. The molecule has 0 fully saturated rings. The summed E-state index contributed by atoms with van der Waals surface area (Å²) in [6.45, 7) is 2.93. The number of sulfone groups is 1. The van der Waals surface area contributed by atoms with Gasteiger partial charge in [-0.15, -0.1) is 5.10 Å². The van der Waals surface area contributed by atoms with Crippen LogP contribution >= 0.6 is 0 Å². The summed E-state index contributed by atoms with van der Waals surface area (Å²) in [5, 5.41) is 14.5. The molecule has 0 aliphatic carbocycles. The van der Waals surface area contributed by atoms with E-state index in [1.807, 2.05) is 0 Å². The van der Waals surface area contributed by atoms with Crippen LogP contribution in [-0.2, 0) is 16.4 Å². The molecule has 0 aromatic carbocycles. The van der Waals surface area contributed by atoms with E-state index in [1.165, 1.54) is 13.8 Å². The summed E-state index contributed by atoms with van der Waals surface area (Å²) in [4.78, 5) is 0. The van der Waals surface area contributed by atoms with E-state index < -0.39 is 15.1 Å². The molecule has 0 bridgehead atoms. The van der Waals surface area contributed by atoms with E-state index in [0.29, 0.717) is 0 Å². The predicted octanol–water partition coefficient (Wildman–Crippen LogP) is -0.434. The predicted molar refractivity (Wildman–Crippen MR) is 52.4 cm³/mol. The summed E-state index contributed by atoms with van der Waals surface area (Å²) < 4.78 is 24.4. The highest BCUT2D eigenvalue weighted by molar-refractivity contribution is 7.92. The lowest BCUT2D eigenvalue weighted by atomic mass is 10.6. The van der Waals surface area contributed by atoms with Gasteiger partial charge < -0.3 is 5.73 Å². The molecule has 0 aliphatic rings. The second-order valence-corrected chi connectivity index (χ2v) is 5.61. The highest BCUT2D eigenvalue weighted by Crippen LogP contribution is 2.19. The number of nitrogens with two attached hydrogens (primary N) is 1. The van der Waals surface area contributed by atoms with Crippen LogP contribution in [0.25, 0.3) is 0 Å². The third kappa shape index (κ3) is 1.92. The summed E-state index contributed by atoms with van der Waals surface area (Å²) in [7, 11) is -3.53. The molecule has 0 unspecified atom stereocenters. The van der Waals surface area contributed by atoms with Crippen LogP contribution in [0.4, 0.5) is 5.82 Å². The summed E-state index contributed by atoms with van der Waals surface area (Å²) >= 11 is 0. The maximum absolute atomic E-state index is 11.7. The summed E-state index contributed by atoms with van der Waals surface area (Å²) in [5.41, 5.74) is 5.52. The molecule has 1 heterocycles. The van der Waals surface area contributed by atoms with Gasteiger partial charge in [0.2, 0.25) is 14.9 Å². The Morgan fingerprint density at radius 1 is 1.60 bits per heavy atom. The number of nitriles is 1. The summed E-state index contributed by atoms with van der Waals surface area (Å²) in [6, 6.07) is 1.80. The summed E-state index contributed by atoms with van der Waals surface area (Å²) in [5.74, 6) is -0.0924. The van der Waals surface area contributed by atoms with Gasteiger partial charge in [0, 0.05) is 0 Å². The van der Waals surface area contributed by atoms with E-state index in [2.05, 4.69) is 10.3 Å². The topological polar surface area (TPSA) is 115 Å². The Morgan fingerprint density at radius 3 is 2.67 bits per heavy atom. The van der Waals surface area contributed by atoms with E-state index in [4.69, 9.17) is 11.0 Å². The molecule has 8 heteroatoms. The fourth-order valence-corrected chi connectivity index (χ4v) is 1.91. The third-order valence-corrected chi connectivity index (χ3v) is 3.92. The number of hydrogen-bond donors (Lipinski definition) is 1. The Hall–Kier alpha value is -1.62. The zero-order valence-corrected chi connectivity index (χ0v) is 9.19. The van der Waals surface area contributed by atoms with Crippen molar-refractivity contribution in [1.82, 2.24) is 15.0 Å². The van der Waals surface area contributed by atoms with Crippen molar-refractivity contribution in [2.75, 3.05) is 5.73 Å². The molecule has 0 aliphatic heterocycles. The maximum atomic E-state index is 11.7. The first-order valence-electron chi connectivity index (χ1n) is 4.21. The largest absolute Gasteiger partial charge is 0.381 e. The number of nitrogen functional groups attached to an aromatic ring is 1. The molecule has 0 spiro atoms. The van der Waals surface area contributed by atoms with Crippen molar-refractivity contribution in [2.24, 2.45) is 0 Å². The van der Waals surface area contributed by atoms with Gasteiger partial charge in [0.1, 0.15) is 6.54 Å². The molecule has 0 saturated heterocycles. The first-order chi connectivity index (χ1) is 6.91. The lowest BCUT2D eigenvalue weighted by molar-refractivity contribution is 0.583. The van der Waals surface area contributed by atoms with Crippen LogP contribution in [0.5, 0.6) is 0 Å². The van der Waals surface area contributed by atoms with Crippen LogP contribution in [0.15, 0.2) is 5.03 Å². The second-order valence-electron chi connectivity index (χ2n) is 3.19. The van der Waals surface area contributed by atoms with Crippen LogP contribution in [0.2, 0.25) is 0 Å². The first kappa shape index (κ1) is 11.5. The van der Waals surface area contributed by atoms with Crippen molar-refractivity contribution >= 4 is 15.7 Å². The molecule has 0 saturated carbocycles. The number of anilines is 1. The van der Waals surface area contributed by atoms with Crippen LogP contribution in [0.1, 0.15) is 13.8 Å². The van der Waals surface area contributed by atoms with Crippen LogP contribution in [-0.4, -0.2) is 28.7 Å². The zero-order valence-electron chi connectivity index (χ0n) is 8.38. The lowest BCUT2D eigenvalue weighted by Crippen LogP contribution is -2.16. The molecule has 0 atom stereocenters. The van der Waals surface area contributed by atoms with E-state index in [0.717, 1.165) is 4.68 Å². The monoisotopic (exact) mass is 229 g/mol. The minimum absolute atomic E-state index is 0.0924. The van der Waals surface area contributed by atoms with Gasteiger partial charge >= 0.3 is 0 Å². The van der Waals surface area contributed by atoms with Gasteiger partial charge in [-0.25, -0.2) is 13.1 Å². The van der Waals surface area contributed by atoms with E-state index in [-0.39, 0.29) is 17.4 Å². The van der Waals surface area contributed by atoms with Crippen molar-refractivity contribution in [3.8, 4) is 6.07 Å². The fourth-order valence-electron chi connectivity index (χ4n) is 0.914. The first-order valence-corrected chi connectivity index (χ1v) is 5.75. The number of rotatable bonds is 3. The second kappa shape index (κ2) is 3.86. The minimum Gasteiger partial charge on any atom is -0.381 e. The van der Waals surface area contributed by atoms with Gasteiger partial charge in [0.25, 0.3) is 0 Å². The van der Waals surface area contributed by atoms with Crippen LogP contribution in [0, 0.1) is 11.3 Å². The van der Waals surface area contributed by atoms with Crippen LogP contribution in [0.3, 0.4) is 0 Å². The molecule has 2 N–H and O–H groups in total. The van der Waals surface area contributed by atoms with E-state index >= 15 is 0 Å². The van der Waals surface area contributed by atoms with Crippen molar-refractivity contribution in [3.63, 3.8) is 0 Å². The van der Waals surface area contributed by atoms with E-state index in [1.54, 1.807) is 6.07 Å². The molecule has 1 aromatic rings. The average Bonchev–Trinajstić information content (AvgIpc) is 2.49. The lowest BCUT2D eigenvalue weighted by Gasteiger charge is -2.04. The average molecular weight is 229 g/mol. The van der Waals surface area contributed by atoms with Gasteiger partial charge in [-0.2, -0.15) is 5.26 Å². The smallest absolute Gasteiger partial charge is 0.221 e. The number of nitrogens with zero attached hydrogens (tertiary/aromatic N) is 4. The quantitative estimate of drug-likeness (QED) is 0.751. The Morgan fingerprint density at radius 2 is 2.20 bits per heavy atom. The Balaban J connectivity index is 3.25. The molecule has 0 amide bonds. The molecular formula is C7H11N5O2S. The zero-order chi connectivity index (χ0) is 11.6. The maximum Gasteiger partial charge on any atom is 0.221 e. The molecule has 1 aromatic heterocycles. The van der Waals surface area contributed by atoms with E-state index in [9.17, 15) is 8.42 Å². The van der Waals surface area contributed by atoms with Gasteiger partial charge in [0.15, 0.2) is 5.82 Å². The molecule has 1 rings (SSSR count).